The Morgan fingerprint density at radius 3 is 2.50 bits per heavy atom. The molecule has 0 aliphatic carbocycles. The minimum Gasteiger partial charge on any atom is -0.466 e. The number of esters is 1. The number of terminal acetylenes is 1. The van der Waals surface area contributed by atoms with Gasteiger partial charge < -0.3 is 25.0 Å². The van der Waals surface area contributed by atoms with Crippen molar-refractivity contribution in [1.82, 2.24) is 15.5 Å². The largest absolute Gasteiger partial charge is 0.466 e. The zero-order valence-corrected chi connectivity index (χ0v) is 23.7. The molecule has 0 saturated carbocycles. The third-order valence-electron chi connectivity index (χ3n) is 5.11. The van der Waals surface area contributed by atoms with E-state index in [1.807, 2.05) is 6.26 Å². The van der Waals surface area contributed by atoms with Gasteiger partial charge in [0, 0.05) is 18.7 Å². The number of carbonyl (C=O) groups is 4. The number of amides is 3. The van der Waals surface area contributed by atoms with E-state index in [1.165, 1.54) is 22.7 Å². The molecular weight excluding hydrogens is 506 g/mol. The minimum absolute atomic E-state index is 0.000527. The lowest BCUT2D eigenvalue weighted by Crippen LogP contribution is -2.53. The highest BCUT2D eigenvalue weighted by atomic mass is 32.2. The Kier molecular flexibility index (Phi) is 14.1. The first kappa shape index (κ1) is 32.6. The number of alkyl carbamates (subject to hydrolysis) is 1. The van der Waals surface area contributed by atoms with E-state index >= 15 is 0 Å². The van der Waals surface area contributed by atoms with Gasteiger partial charge in [0.2, 0.25) is 11.8 Å². The second-order valence-corrected chi connectivity index (χ2v) is 10.2. The van der Waals surface area contributed by atoms with Gasteiger partial charge in [-0.05, 0) is 57.8 Å². The lowest BCUT2D eigenvalue weighted by Gasteiger charge is -2.34. The Labute approximate surface area is 230 Å². The van der Waals surface area contributed by atoms with Gasteiger partial charge in [0.15, 0.2) is 0 Å². The lowest BCUT2D eigenvalue weighted by atomic mass is 9.97. The molecule has 2 N–H and O–H groups in total. The monoisotopic (exact) mass is 545 g/mol. The highest BCUT2D eigenvalue weighted by molar-refractivity contribution is 7.98. The fraction of sp³-hybridized carbons (Fsp3) is 0.500. The van der Waals surface area contributed by atoms with Crippen molar-refractivity contribution in [1.29, 1.82) is 0 Å². The standard InChI is InChI=1S/C28H39N3O6S/c1-8-18-31(26(34)22(16-19-38-7)30-27(35)37-28(4,5)6)24(21-14-12-11-13-20(21)9-2)25(33)29-17-15-23(32)36-10-3/h2,8,11-14,22,24H,1,10,15-19H2,3-7H3,(H,29,33)(H,30,35). The molecular formula is C28H39N3O6S. The van der Waals surface area contributed by atoms with Crippen LogP contribution in [0.15, 0.2) is 36.9 Å². The number of rotatable bonds is 14. The van der Waals surface area contributed by atoms with E-state index in [0.717, 1.165) is 0 Å². The highest BCUT2D eigenvalue weighted by Gasteiger charge is 2.36. The number of carbonyl (C=O) groups excluding carboxylic acids is 4. The number of hydrogen-bond acceptors (Lipinski definition) is 7. The Balaban J connectivity index is 3.42. The number of hydrogen-bond donors (Lipinski definition) is 2. The van der Waals surface area contributed by atoms with Gasteiger partial charge in [-0.15, -0.1) is 13.0 Å². The molecule has 0 aliphatic heterocycles. The first-order chi connectivity index (χ1) is 18.0. The summed E-state index contributed by atoms with van der Waals surface area (Å²) in [6.07, 6.45) is 8.64. The summed E-state index contributed by atoms with van der Waals surface area (Å²) in [7, 11) is 0. The van der Waals surface area contributed by atoms with Crippen LogP contribution >= 0.6 is 11.8 Å². The molecule has 1 aromatic rings. The summed E-state index contributed by atoms with van der Waals surface area (Å²) in [4.78, 5) is 53.1. The Morgan fingerprint density at radius 1 is 1.24 bits per heavy atom. The summed E-state index contributed by atoms with van der Waals surface area (Å²) in [5.41, 5.74) is 0.103. The predicted octanol–water partition coefficient (Wildman–Crippen LogP) is 3.44. The number of ether oxygens (including phenoxy) is 2. The number of thioether (sulfide) groups is 1. The van der Waals surface area contributed by atoms with Crippen LogP contribution in [0.25, 0.3) is 0 Å². The van der Waals surface area contributed by atoms with E-state index in [4.69, 9.17) is 15.9 Å². The average Bonchev–Trinajstić information content (AvgIpc) is 2.85. The van der Waals surface area contributed by atoms with E-state index in [2.05, 4.69) is 23.1 Å². The highest BCUT2D eigenvalue weighted by Crippen LogP contribution is 2.26. The maximum absolute atomic E-state index is 13.9. The SMILES string of the molecule is C#Cc1ccccc1C(C(=O)NCCC(=O)OCC)N(CC=C)C(=O)C(CCSC)NC(=O)OC(C)(C)C. The summed E-state index contributed by atoms with van der Waals surface area (Å²) >= 11 is 1.51. The van der Waals surface area contributed by atoms with Crippen LogP contribution in [-0.2, 0) is 23.9 Å². The summed E-state index contributed by atoms with van der Waals surface area (Å²) < 4.78 is 10.3. The van der Waals surface area contributed by atoms with Gasteiger partial charge in [-0.25, -0.2) is 4.79 Å². The smallest absolute Gasteiger partial charge is 0.408 e. The van der Waals surface area contributed by atoms with E-state index in [-0.39, 0.29) is 26.1 Å². The van der Waals surface area contributed by atoms with Crippen LogP contribution in [0, 0.1) is 12.3 Å². The van der Waals surface area contributed by atoms with E-state index in [0.29, 0.717) is 23.3 Å². The molecule has 2 unspecified atom stereocenters. The third-order valence-corrected chi connectivity index (χ3v) is 5.76. The van der Waals surface area contributed by atoms with Gasteiger partial charge in [0.25, 0.3) is 0 Å². The first-order valence-corrected chi connectivity index (χ1v) is 13.8. The summed E-state index contributed by atoms with van der Waals surface area (Å²) in [5.74, 6) is 1.66. The van der Waals surface area contributed by atoms with Crippen molar-refractivity contribution < 1.29 is 28.7 Å². The zero-order chi connectivity index (χ0) is 28.7. The van der Waals surface area contributed by atoms with Gasteiger partial charge in [-0.1, -0.05) is 30.2 Å². The van der Waals surface area contributed by atoms with Crippen molar-refractivity contribution in [2.45, 2.75) is 58.2 Å². The van der Waals surface area contributed by atoms with Gasteiger partial charge in [0.1, 0.15) is 17.7 Å². The number of nitrogens with one attached hydrogen (secondary N) is 2. The molecule has 3 amide bonds. The van der Waals surface area contributed by atoms with Crippen LogP contribution in [0.2, 0.25) is 0 Å². The van der Waals surface area contributed by atoms with Crippen LogP contribution < -0.4 is 10.6 Å². The minimum atomic E-state index is -1.15. The molecule has 1 aromatic carbocycles. The summed E-state index contributed by atoms with van der Waals surface area (Å²) in [5, 5.41) is 5.38. The fourth-order valence-corrected chi connectivity index (χ4v) is 4.01. The second-order valence-electron chi connectivity index (χ2n) is 9.24. The van der Waals surface area contributed by atoms with Crippen LogP contribution in [0.5, 0.6) is 0 Å². The fourth-order valence-electron chi connectivity index (χ4n) is 3.54. The second kappa shape index (κ2) is 16.4. The van der Waals surface area contributed by atoms with Crippen LogP contribution in [0.1, 0.15) is 57.7 Å². The number of benzene rings is 1. The maximum Gasteiger partial charge on any atom is 0.408 e. The Morgan fingerprint density at radius 2 is 1.92 bits per heavy atom. The lowest BCUT2D eigenvalue weighted by molar-refractivity contribution is -0.144. The molecule has 0 heterocycles. The van der Waals surface area contributed by atoms with E-state index in [9.17, 15) is 19.2 Å². The van der Waals surface area contributed by atoms with Gasteiger partial charge >= 0.3 is 12.1 Å². The van der Waals surface area contributed by atoms with E-state index in [1.54, 1.807) is 52.0 Å². The molecule has 0 saturated heterocycles. The van der Waals surface area contributed by atoms with Crippen molar-refractivity contribution >= 4 is 35.6 Å². The maximum atomic E-state index is 13.9. The molecule has 1 rings (SSSR count). The van der Waals surface area contributed by atoms with Crippen molar-refractivity contribution in [3.8, 4) is 12.3 Å². The Bertz CT molecular complexity index is 1010. The van der Waals surface area contributed by atoms with Crippen molar-refractivity contribution in [3.63, 3.8) is 0 Å². The van der Waals surface area contributed by atoms with Crippen LogP contribution in [-0.4, -0.2) is 72.1 Å². The third kappa shape index (κ3) is 10.9. The zero-order valence-electron chi connectivity index (χ0n) is 22.9. The first-order valence-electron chi connectivity index (χ1n) is 12.4. The van der Waals surface area contributed by atoms with Gasteiger partial charge in [-0.3, -0.25) is 14.4 Å². The molecule has 0 aromatic heterocycles. The topological polar surface area (TPSA) is 114 Å². The average molecular weight is 546 g/mol. The quantitative estimate of drug-likeness (QED) is 0.209. The van der Waals surface area contributed by atoms with Gasteiger partial charge in [-0.2, -0.15) is 11.8 Å². The van der Waals surface area contributed by atoms with Crippen molar-refractivity contribution in [2.24, 2.45) is 0 Å². The molecule has 0 bridgehead atoms. The van der Waals surface area contributed by atoms with E-state index < -0.39 is 41.6 Å². The molecule has 208 valence electrons. The van der Waals surface area contributed by atoms with Crippen molar-refractivity contribution in [3.05, 3.63) is 48.0 Å². The molecule has 0 radical (unpaired) electrons. The van der Waals surface area contributed by atoms with Crippen LogP contribution in [0.4, 0.5) is 4.79 Å². The summed E-state index contributed by atoms with van der Waals surface area (Å²) in [6, 6.07) is 4.69. The normalized spacial score (nSPS) is 12.3. The molecule has 0 spiro atoms. The van der Waals surface area contributed by atoms with Crippen molar-refractivity contribution in [2.75, 3.05) is 31.7 Å². The van der Waals surface area contributed by atoms with Crippen LogP contribution in [0.3, 0.4) is 0 Å². The number of nitrogens with zero attached hydrogens (tertiary/aromatic N) is 1. The molecule has 38 heavy (non-hydrogen) atoms. The predicted molar refractivity (Wildman–Crippen MR) is 149 cm³/mol. The molecule has 0 aliphatic rings. The summed E-state index contributed by atoms with van der Waals surface area (Å²) in [6.45, 7) is 10.9. The molecule has 9 nitrogen and oxygen atoms in total. The molecule has 2 atom stereocenters. The van der Waals surface area contributed by atoms with Gasteiger partial charge in [0.05, 0.1) is 13.0 Å². The molecule has 0 fully saturated rings. The Hall–Kier alpha value is -3.45. The molecule has 10 heteroatoms.